The smallest absolute Gasteiger partial charge is 0.336 e. The zero-order valence-electron chi connectivity index (χ0n) is 15.1. The molecule has 0 bridgehead atoms. The van der Waals surface area contributed by atoms with Crippen LogP contribution in [-0.4, -0.2) is 19.5 Å². The van der Waals surface area contributed by atoms with Gasteiger partial charge in [0.1, 0.15) is 0 Å². The first-order valence-electron chi connectivity index (χ1n) is 8.49. The van der Waals surface area contributed by atoms with Gasteiger partial charge in [0.15, 0.2) is 0 Å². The quantitative estimate of drug-likeness (QED) is 0.544. The second-order valence-electron chi connectivity index (χ2n) is 6.21. The van der Waals surface area contributed by atoms with Crippen LogP contribution in [0.2, 0.25) is 0 Å². The Morgan fingerprint density at radius 2 is 1.61 bits per heavy atom. The monoisotopic (exact) mass is 413 g/mol. The van der Waals surface area contributed by atoms with E-state index in [1.165, 1.54) is 11.8 Å². The summed E-state index contributed by atoms with van der Waals surface area (Å²) in [5, 5.41) is 9.24. The zero-order valence-corrected chi connectivity index (χ0v) is 16.8. The van der Waals surface area contributed by atoms with Gasteiger partial charge < -0.3 is 5.11 Å². The average Bonchev–Trinajstić information content (AvgIpc) is 2.67. The summed E-state index contributed by atoms with van der Waals surface area (Å²) >= 11 is 1.43. The molecule has 3 aromatic rings. The van der Waals surface area contributed by atoms with Crippen LogP contribution in [0.5, 0.6) is 0 Å². The van der Waals surface area contributed by atoms with Crippen LogP contribution < -0.4 is 4.72 Å². The molecule has 0 aromatic heterocycles. The number of carboxylic acid groups (broad SMARTS) is 1. The highest BCUT2D eigenvalue weighted by molar-refractivity contribution is 7.98. The number of anilines is 1. The minimum Gasteiger partial charge on any atom is -0.478 e. The maximum atomic E-state index is 12.4. The van der Waals surface area contributed by atoms with E-state index >= 15 is 0 Å². The lowest BCUT2D eigenvalue weighted by Crippen LogP contribution is -2.12. The van der Waals surface area contributed by atoms with Crippen molar-refractivity contribution < 1.29 is 18.3 Å². The van der Waals surface area contributed by atoms with E-state index in [1.54, 1.807) is 60.7 Å². The van der Waals surface area contributed by atoms with Gasteiger partial charge >= 0.3 is 5.97 Å². The Labute approximate surface area is 168 Å². The molecule has 0 saturated heterocycles. The van der Waals surface area contributed by atoms with Crippen LogP contribution >= 0.6 is 11.8 Å². The molecule has 0 radical (unpaired) electrons. The molecular weight excluding hydrogens is 394 g/mol. The van der Waals surface area contributed by atoms with Gasteiger partial charge in [-0.05, 0) is 48.9 Å². The van der Waals surface area contributed by atoms with Gasteiger partial charge in [-0.1, -0.05) is 42.0 Å². The molecule has 0 fully saturated rings. The molecule has 0 aliphatic carbocycles. The van der Waals surface area contributed by atoms with E-state index in [4.69, 9.17) is 0 Å². The molecule has 0 aliphatic heterocycles. The largest absolute Gasteiger partial charge is 0.478 e. The van der Waals surface area contributed by atoms with Gasteiger partial charge in [-0.15, -0.1) is 11.8 Å². The number of aromatic carboxylic acids is 1. The average molecular weight is 414 g/mol. The Morgan fingerprint density at radius 1 is 0.964 bits per heavy atom. The highest BCUT2D eigenvalue weighted by atomic mass is 32.2. The summed E-state index contributed by atoms with van der Waals surface area (Å²) in [7, 11) is -3.63. The minimum atomic E-state index is -3.63. The van der Waals surface area contributed by atoms with Gasteiger partial charge in [0.2, 0.25) is 0 Å². The number of carboxylic acids is 1. The number of nitrogens with one attached hydrogen (secondary N) is 1. The van der Waals surface area contributed by atoms with Crippen molar-refractivity contribution in [3.05, 3.63) is 89.5 Å². The molecule has 0 unspecified atom stereocenters. The molecule has 144 valence electrons. The molecule has 7 heteroatoms. The number of aryl methyl sites for hydroxylation is 1. The number of hydrogen-bond donors (Lipinski definition) is 2. The van der Waals surface area contributed by atoms with Crippen molar-refractivity contribution in [2.24, 2.45) is 0 Å². The Kier molecular flexibility index (Phi) is 6.06. The number of carbonyl (C=O) groups is 1. The minimum absolute atomic E-state index is 0.211. The Balaban J connectivity index is 1.67. The van der Waals surface area contributed by atoms with E-state index in [-0.39, 0.29) is 10.5 Å². The highest BCUT2D eigenvalue weighted by Crippen LogP contribution is 2.27. The van der Waals surface area contributed by atoms with Crippen LogP contribution in [0.3, 0.4) is 0 Å². The lowest BCUT2D eigenvalue weighted by molar-refractivity contribution is 0.0693. The predicted molar refractivity (Wildman–Crippen MR) is 111 cm³/mol. The molecule has 0 amide bonds. The number of sulfonamides is 1. The summed E-state index contributed by atoms with van der Waals surface area (Å²) in [6.45, 7) is 1.90. The molecule has 0 heterocycles. The number of benzene rings is 3. The van der Waals surface area contributed by atoms with Crippen molar-refractivity contribution in [2.45, 2.75) is 22.5 Å². The van der Waals surface area contributed by atoms with Crippen molar-refractivity contribution in [1.82, 2.24) is 0 Å². The first kappa shape index (κ1) is 20.0. The molecule has 2 N–H and O–H groups in total. The molecule has 0 aliphatic rings. The fourth-order valence-electron chi connectivity index (χ4n) is 2.53. The molecule has 5 nitrogen and oxygen atoms in total. The van der Waals surface area contributed by atoms with Gasteiger partial charge in [-0.25, -0.2) is 13.2 Å². The fraction of sp³-hybridized carbons (Fsp3) is 0.0952. The standard InChI is InChI=1S/C21H19NO4S2/c1-15-6-12-18(13-7-15)28(25,26)22-17-10-8-16(9-11-17)14-27-20-5-3-2-4-19(20)21(23)24/h2-13,22H,14H2,1H3,(H,23,24). The van der Waals surface area contributed by atoms with Crippen molar-refractivity contribution in [3.8, 4) is 0 Å². The van der Waals surface area contributed by atoms with E-state index in [0.717, 1.165) is 11.1 Å². The van der Waals surface area contributed by atoms with Crippen LogP contribution in [0.15, 0.2) is 82.6 Å². The maximum absolute atomic E-state index is 12.4. The van der Waals surface area contributed by atoms with E-state index in [9.17, 15) is 18.3 Å². The van der Waals surface area contributed by atoms with E-state index in [2.05, 4.69) is 4.72 Å². The Morgan fingerprint density at radius 3 is 2.25 bits per heavy atom. The van der Waals surface area contributed by atoms with Crippen LogP contribution in [0.4, 0.5) is 5.69 Å². The molecular formula is C21H19NO4S2. The second kappa shape index (κ2) is 8.50. The summed E-state index contributed by atoms with van der Waals surface area (Å²) in [4.78, 5) is 12.2. The van der Waals surface area contributed by atoms with Crippen molar-refractivity contribution in [3.63, 3.8) is 0 Å². The normalized spacial score (nSPS) is 11.2. The van der Waals surface area contributed by atoms with E-state index in [1.807, 2.05) is 19.1 Å². The second-order valence-corrected chi connectivity index (χ2v) is 8.91. The van der Waals surface area contributed by atoms with Crippen LogP contribution in [0.25, 0.3) is 0 Å². The number of rotatable bonds is 7. The Hall–Kier alpha value is -2.77. The maximum Gasteiger partial charge on any atom is 0.336 e. The van der Waals surface area contributed by atoms with Gasteiger partial charge in [0, 0.05) is 16.3 Å². The number of thioether (sulfide) groups is 1. The third-order valence-corrected chi connectivity index (χ3v) is 6.59. The topological polar surface area (TPSA) is 83.5 Å². The lowest BCUT2D eigenvalue weighted by Gasteiger charge is -2.10. The molecule has 3 aromatic carbocycles. The van der Waals surface area contributed by atoms with Crippen molar-refractivity contribution >= 4 is 33.4 Å². The SMILES string of the molecule is Cc1ccc(S(=O)(=O)Nc2ccc(CSc3ccccc3C(=O)O)cc2)cc1. The summed E-state index contributed by atoms with van der Waals surface area (Å²) in [6.07, 6.45) is 0. The number of hydrogen-bond acceptors (Lipinski definition) is 4. The van der Waals surface area contributed by atoms with Crippen molar-refractivity contribution in [2.75, 3.05) is 4.72 Å². The van der Waals surface area contributed by atoms with E-state index in [0.29, 0.717) is 16.3 Å². The highest BCUT2D eigenvalue weighted by Gasteiger charge is 2.14. The van der Waals surface area contributed by atoms with Crippen LogP contribution in [0.1, 0.15) is 21.5 Å². The summed E-state index contributed by atoms with van der Waals surface area (Å²) in [5.41, 5.74) is 2.70. The zero-order chi connectivity index (χ0) is 20.1. The van der Waals surface area contributed by atoms with Gasteiger partial charge in [0.25, 0.3) is 10.0 Å². The molecule has 0 saturated carbocycles. The van der Waals surface area contributed by atoms with E-state index < -0.39 is 16.0 Å². The molecule has 3 rings (SSSR count). The third kappa shape index (κ3) is 4.94. The summed E-state index contributed by atoms with van der Waals surface area (Å²) < 4.78 is 27.4. The fourth-order valence-corrected chi connectivity index (χ4v) is 4.59. The van der Waals surface area contributed by atoms with Crippen LogP contribution in [0, 0.1) is 6.92 Å². The van der Waals surface area contributed by atoms with Gasteiger partial charge in [-0.2, -0.15) is 0 Å². The van der Waals surface area contributed by atoms with Gasteiger partial charge in [-0.3, -0.25) is 4.72 Å². The first-order valence-corrected chi connectivity index (χ1v) is 11.0. The van der Waals surface area contributed by atoms with Crippen molar-refractivity contribution in [1.29, 1.82) is 0 Å². The summed E-state index contributed by atoms with van der Waals surface area (Å²) in [5.74, 6) is -0.376. The van der Waals surface area contributed by atoms with Crippen LogP contribution in [-0.2, 0) is 15.8 Å². The third-order valence-electron chi connectivity index (χ3n) is 4.05. The van der Waals surface area contributed by atoms with Gasteiger partial charge in [0.05, 0.1) is 10.5 Å². The predicted octanol–water partition coefficient (Wildman–Crippen LogP) is 4.79. The molecule has 28 heavy (non-hydrogen) atoms. The molecule has 0 atom stereocenters. The molecule has 0 spiro atoms. The lowest BCUT2D eigenvalue weighted by atomic mass is 10.2. The first-order chi connectivity index (χ1) is 13.3. The summed E-state index contributed by atoms with van der Waals surface area (Å²) in [6, 6.07) is 20.5. The Bertz CT molecular complexity index is 1080.